The van der Waals surface area contributed by atoms with E-state index in [1.807, 2.05) is 0 Å². The molecule has 8 heteroatoms. The molecular formula is C9H9ClINO4S. The molecule has 1 rings (SSSR count). The second kappa shape index (κ2) is 5.96. The van der Waals surface area contributed by atoms with Gasteiger partial charge in [0.2, 0.25) is 0 Å². The topological polar surface area (TPSA) is 77.3 Å². The number of nitro groups is 1. The highest BCUT2D eigenvalue weighted by Gasteiger charge is 2.19. The van der Waals surface area contributed by atoms with Crippen molar-refractivity contribution >= 4 is 49.7 Å². The largest absolute Gasteiger partial charge is 0.270 e. The molecule has 1 aromatic rings. The van der Waals surface area contributed by atoms with Crippen LogP contribution in [0, 0.1) is 13.7 Å². The molecule has 5 nitrogen and oxygen atoms in total. The summed E-state index contributed by atoms with van der Waals surface area (Å²) in [5.41, 5.74) is -0.120. The van der Waals surface area contributed by atoms with Gasteiger partial charge in [-0.1, -0.05) is 0 Å². The van der Waals surface area contributed by atoms with Crippen molar-refractivity contribution in [3.63, 3.8) is 0 Å². The number of hydrogen-bond donors (Lipinski definition) is 0. The maximum Gasteiger partial charge on any atom is 0.270 e. The molecule has 0 unspecified atom stereocenters. The minimum Gasteiger partial charge on any atom is -0.258 e. The third-order valence-corrected chi connectivity index (χ3v) is 5.39. The highest BCUT2D eigenvalue weighted by atomic mass is 127. The Balaban J connectivity index is 3.12. The minimum atomic E-state index is -3.41. The molecule has 0 saturated carbocycles. The molecule has 0 heterocycles. The molecule has 0 amide bonds. The molecule has 94 valence electrons. The lowest BCUT2D eigenvalue weighted by atomic mass is 10.3. The van der Waals surface area contributed by atoms with E-state index in [0.29, 0.717) is 9.99 Å². The fraction of sp³-hybridized carbons (Fsp3) is 0.333. The summed E-state index contributed by atoms with van der Waals surface area (Å²) in [5.74, 6) is 0.215. The van der Waals surface area contributed by atoms with Crippen molar-refractivity contribution in [2.24, 2.45) is 0 Å². The average molecular weight is 390 g/mol. The Kier molecular flexibility index (Phi) is 5.14. The van der Waals surface area contributed by atoms with Gasteiger partial charge in [0.25, 0.3) is 5.69 Å². The standard InChI is InChI=1S/C9H9ClINO4S/c10-4-1-5-17(15,16)9-3-2-7(12(13)14)6-8(9)11/h2-3,6H,1,4-5H2. The van der Waals surface area contributed by atoms with Gasteiger partial charge in [0.05, 0.1) is 15.6 Å². The fourth-order valence-electron chi connectivity index (χ4n) is 1.21. The summed E-state index contributed by atoms with van der Waals surface area (Å²) in [6.07, 6.45) is 0.358. The molecule has 0 spiro atoms. The second-order valence-corrected chi connectivity index (χ2v) is 6.85. The molecule has 0 radical (unpaired) electrons. The molecule has 0 saturated heterocycles. The van der Waals surface area contributed by atoms with E-state index in [1.165, 1.54) is 18.2 Å². The van der Waals surface area contributed by atoms with E-state index >= 15 is 0 Å². The molecule has 0 aliphatic rings. The van der Waals surface area contributed by atoms with Gasteiger partial charge < -0.3 is 0 Å². The van der Waals surface area contributed by atoms with Crippen molar-refractivity contribution in [2.45, 2.75) is 11.3 Å². The van der Waals surface area contributed by atoms with Gasteiger partial charge in [-0.05, 0) is 35.1 Å². The van der Waals surface area contributed by atoms with Gasteiger partial charge in [0.1, 0.15) is 0 Å². The van der Waals surface area contributed by atoms with E-state index in [9.17, 15) is 18.5 Å². The van der Waals surface area contributed by atoms with Crippen molar-refractivity contribution < 1.29 is 13.3 Å². The van der Waals surface area contributed by atoms with E-state index in [2.05, 4.69) is 0 Å². The first-order chi connectivity index (χ1) is 7.88. The summed E-state index contributed by atoms with van der Waals surface area (Å²) < 4.78 is 24.1. The van der Waals surface area contributed by atoms with Crippen LogP contribution in [0.25, 0.3) is 0 Å². The Morgan fingerprint density at radius 3 is 2.53 bits per heavy atom. The van der Waals surface area contributed by atoms with Gasteiger partial charge >= 0.3 is 0 Å². The lowest BCUT2D eigenvalue weighted by Crippen LogP contribution is -2.09. The molecular weight excluding hydrogens is 381 g/mol. The monoisotopic (exact) mass is 389 g/mol. The number of rotatable bonds is 5. The Morgan fingerprint density at radius 1 is 1.41 bits per heavy atom. The first kappa shape index (κ1) is 14.7. The number of nitro benzene ring substituents is 1. The van der Waals surface area contributed by atoms with Crippen LogP contribution in [0.3, 0.4) is 0 Å². The summed E-state index contributed by atoms with van der Waals surface area (Å²) in [4.78, 5) is 10.1. The minimum absolute atomic E-state index is 0.0513. The van der Waals surface area contributed by atoms with E-state index in [1.54, 1.807) is 22.6 Å². The van der Waals surface area contributed by atoms with E-state index in [4.69, 9.17) is 11.6 Å². The maximum atomic E-state index is 11.9. The molecule has 17 heavy (non-hydrogen) atoms. The normalized spacial score (nSPS) is 11.4. The number of alkyl halides is 1. The van der Waals surface area contributed by atoms with Crippen molar-refractivity contribution in [3.8, 4) is 0 Å². The number of nitrogens with zero attached hydrogens (tertiary/aromatic N) is 1. The van der Waals surface area contributed by atoms with Gasteiger partial charge in [-0.25, -0.2) is 8.42 Å². The first-order valence-electron chi connectivity index (χ1n) is 4.61. The van der Waals surface area contributed by atoms with Crippen LogP contribution in [0.15, 0.2) is 23.1 Å². The molecule has 0 aromatic heterocycles. The molecule has 0 N–H and O–H groups in total. The van der Waals surface area contributed by atoms with Crippen molar-refractivity contribution in [1.82, 2.24) is 0 Å². The second-order valence-electron chi connectivity index (χ2n) is 3.23. The Hall–Kier alpha value is -0.410. The Bertz CT molecular complexity index is 532. The number of hydrogen-bond acceptors (Lipinski definition) is 4. The molecule has 1 aromatic carbocycles. The number of non-ortho nitro benzene ring substituents is 1. The summed E-state index contributed by atoms with van der Waals surface area (Å²) in [6, 6.07) is 3.70. The van der Waals surface area contributed by atoms with Gasteiger partial charge in [0.15, 0.2) is 9.84 Å². The third-order valence-electron chi connectivity index (χ3n) is 2.01. The predicted molar refractivity (Wildman–Crippen MR) is 73.2 cm³/mol. The van der Waals surface area contributed by atoms with Crippen LogP contribution in [-0.4, -0.2) is 25.0 Å². The van der Waals surface area contributed by atoms with Crippen LogP contribution in [0.1, 0.15) is 6.42 Å². The van der Waals surface area contributed by atoms with Gasteiger partial charge in [-0.15, -0.1) is 11.6 Å². The average Bonchev–Trinajstić information content (AvgIpc) is 2.25. The van der Waals surface area contributed by atoms with Crippen LogP contribution >= 0.6 is 34.2 Å². The lowest BCUT2D eigenvalue weighted by molar-refractivity contribution is -0.385. The quantitative estimate of drug-likeness (QED) is 0.336. The predicted octanol–water partition coefficient (Wildman–Crippen LogP) is 2.60. The van der Waals surface area contributed by atoms with Crippen molar-refractivity contribution in [2.75, 3.05) is 11.6 Å². The lowest BCUT2D eigenvalue weighted by Gasteiger charge is -2.05. The fourth-order valence-corrected chi connectivity index (χ4v) is 4.38. The van der Waals surface area contributed by atoms with Crippen molar-refractivity contribution in [3.05, 3.63) is 31.9 Å². The van der Waals surface area contributed by atoms with E-state index < -0.39 is 14.8 Å². The summed E-state index contributed by atoms with van der Waals surface area (Å²) in [6.45, 7) is 0. The number of benzene rings is 1. The number of halogens is 2. The SMILES string of the molecule is O=[N+]([O-])c1ccc(S(=O)(=O)CCCCl)c(I)c1. The molecule has 0 aliphatic carbocycles. The molecule has 0 atom stereocenters. The van der Waals surface area contributed by atoms with Crippen LogP contribution in [0.5, 0.6) is 0 Å². The maximum absolute atomic E-state index is 11.9. The van der Waals surface area contributed by atoms with E-state index in [-0.39, 0.29) is 22.2 Å². The molecule has 0 fully saturated rings. The van der Waals surface area contributed by atoms with Crippen LogP contribution < -0.4 is 0 Å². The number of sulfone groups is 1. The van der Waals surface area contributed by atoms with Crippen molar-refractivity contribution in [1.29, 1.82) is 0 Å². The smallest absolute Gasteiger partial charge is 0.258 e. The highest BCUT2D eigenvalue weighted by molar-refractivity contribution is 14.1. The molecule has 0 bridgehead atoms. The van der Waals surface area contributed by atoms with Gasteiger partial charge in [-0.2, -0.15) is 0 Å². The third kappa shape index (κ3) is 3.78. The van der Waals surface area contributed by atoms with Crippen LogP contribution in [-0.2, 0) is 9.84 Å². The highest BCUT2D eigenvalue weighted by Crippen LogP contribution is 2.24. The summed E-state index contributed by atoms with van der Waals surface area (Å²) >= 11 is 7.23. The van der Waals surface area contributed by atoms with E-state index in [0.717, 1.165) is 0 Å². The summed E-state index contributed by atoms with van der Waals surface area (Å²) in [7, 11) is -3.41. The zero-order valence-corrected chi connectivity index (χ0v) is 12.3. The summed E-state index contributed by atoms with van der Waals surface area (Å²) in [5, 5.41) is 10.5. The van der Waals surface area contributed by atoms with Gasteiger partial charge in [0, 0.05) is 21.6 Å². The Labute approximate surface area is 117 Å². The Morgan fingerprint density at radius 2 is 2.06 bits per heavy atom. The molecule has 0 aliphatic heterocycles. The van der Waals surface area contributed by atoms with Crippen LogP contribution in [0.2, 0.25) is 0 Å². The first-order valence-corrected chi connectivity index (χ1v) is 7.87. The zero-order chi connectivity index (χ0) is 13.1. The van der Waals surface area contributed by atoms with Crippen LogP contribution in [0.4, 0.5) is 5.69 Å². The zero-order valence-electron chi connectivity index (χ0n) is 8.60. The van der Waals surface area contributed by atoms with Gasteiger partial charge in [-0.3, -0.25) is 10.1 Å².